The van der Waals surface area contributed by atoms with Gasteiger partial charge in [0.05, 0.1) is 24.2 Å². The van der Waals surface area contributed by atoms with Crippen LogP contribution in [-0.4, -0.2) is 22.2 Å². The number of para-hydroxylation sites is 1. The van der Waals surface area contributed by atoms with Crippen LogP contribution in [0.4, 0.5) is 0 Å². The molecule has 0 saturated heterocycles. The monoisotopic (exact) mass is 369 g/mol. The van der Waals surface area contributed by atoms with Gasteiger partial charge >= 0.3 is 10.7 Å². The van der Waals surface area contributed by atoms with E-state index in [0.29, 0.717) is 10.7 Å². The number of H-pyrrole nitrogens is 1. The minimum atomic E-state index is -0.538. The summed E-state index contributed by atoms with van der Waals surface area (Å²) in [5.41, 5.74) is 3.59. The molecule has 0 unspecified atom stereocenters. The first-order valence-corrected chi connectivity index (χ1v) is 8.75. The van der Waals surface area contributed by atoms with Gasteiger partial charge in [-0.05, 0) is 41.5 Å². The molecule has 0 saturated carbocycles. The number of aromatic hydroxyl groups is 1. The van der Waals surface area contributed by atoms with Gasteiger partial charge in [-0.25, -0.2) is 14.8 Å². The van der Waals surface area contributed by atoms with Gasteiger partial charge in [0.1, 0.15) is 10.6 Å². The first-order chi connectivity index (χ1) is 12.6. The van der Waals surface area contributed by atoms with Crippen molar-refractivity contribution in [2.45, 2.75) is 13.3 Å². The molecular formula is C18H17N4O3S+. The van der Waals surface area contributed by atoms with Crippen molar-refractivity contribution in [3.8, 4) is 11.6 Å². The van der Waals surface area contributed by atoms with Gasteiger partial charge in [0.15, 0.2) is 0 Å². The number of aromatic amines is 1. The molecule has 2 heterocycles. The molecule has 132 valence electrons. The Kier molecular flexibility index (Phi) is 5.23. The van der Waals surface area contributed by atoms with E-state index in [1.165, 1.54) is 18.3 Å². The number of carbonyl (C=O) groups excluding carboxylic acids is 1. The highest BCUT2D eigenvalue weighted by molar-refractivity contribution is 7.11. The van der Waals surface area contributed by atoms with Crippen LogP contribution >= 0.6 is 11.3 Å². The quantitative estimate of drug-likeness (QED) is 0.363. The Morgan fingerprint density at radius 2 is 2.15 bits per heavy atom. The average Bonchev–Trinajstić information content (AvgIpc) is 3.02. The molecule has 0 radical (unpaired) electrons. The van der Waals surface area contributed by atoms with Crippen LogP contribution < -0.4 is 14.9 Å². The Morgan fingerprint density at radius 3 is 2.92 bits per heavy atom. The zero-order chi connectivity index (χ0) is 18.5. The molecule has 8 heteroatoms. The maximum atomic E-state index is 12.0. The highest BCUT2D eigenvalue weighted by atomic mass is 32.1. The number of benzene rings is 1. The van der Waals surface area contributed by atoms with Crippen molar-refractivity contribution in [1.29, 1.82) is 0 Å². The number of hydrogen-bond acceptors (Lipinski definition) is 5. The van der Waals surface area contributed by atoms with E-state index in [4.69, 9.17) is 0 Å². The number of pyridine rings is 1. The van der Waals surface area contributed by atoms with Gasteiger partial charge in [-0.15, -0.1) is 0 Å². The highest BCUT2D eigenvalue weighted by Gasteiger charge is 2.16. The summed E-state index contributed by atoms with van der Waals surface area (Å²) in [4.78, 5) is 26.9. The fourth-order valence-corrected chi connectivity index (χ4v) is 3.06. The normalized spacial score (nSPS) is 11.0. The minimum Gasteiger partial charge on any atom is -0.507 e. The van der Waals surface area contributed by atoms with E-state index in [-0.39, 0.29) is 16.2 Å². The van der Waals surface area contributed by atoms with Crippen molar-refractivity contribution in [2.75, 3.05) is 0 Å². The number of phenols is 1. The Morgan fingerprint density at radius 1 is 1.35 bits per heavy atom. The molecule has 3 N–H and O–H groups in total. The summed E-state index contributed by atoms with van der Waals surface area (Å²) in [6.07, 6.45) is 6.03. The number of carbonyl (C=O) groups is 1. The summed E-state index contributed by atoms with van der Waals surface area (Å²) in [7, 11) is 0. The van der Waals surface area contributed by atoms with Crippen LogP contribution in [0.1, 0.15) is 27.7 Å². The molecular weight excluding hydrogens is 352 g/mol. The third-order valence-corrected chi connectivity index (χ3v) is 4.49. The van der Waals surface area contributed by atoms with Crippen LogP contribution in [0.2, 0.25) is 0 Å². The van der Waals surface area contributed by atoms with E-state index in [0.717, 1.165) is 23.3 Å². The van der Waals surface area contributed by atoms with Gasteiger partial charge in [0.25, 0.3) is 5.91 Å². The molecule has 0 fully saturated rings. The second kappa shape index (κ2) is 7.75. The van der Waals surface area contributed by atoms with Gasteiger partial charge < -0.3 is 5.11 Å². The van der Waals surface area contributed by atoms with E-state index in [2.05, 4.69) is 15.5 Å². The maximum absolute atomic E-state index is 12.0. The van der Waals surface area contributed by atoms with E-state index in [1.807, 2.05) is 36.0 Å². The average molecular weight is 369 g/mol. The number of phenolic OH excluding ortho intramolecular Hbond substituents is 1. The number of nitrogens with one attached hydrogen (secondary N) is 2. The van der Waals surface area contributed by atoms with E-state index >= 15 is 0 Å². The second-order valence-electron chi connectivity index (χ2n) is 5.42. The predicted molar refractivity (Wildman–Crippen MR) is 99.0 cm³/mol. The Balaban J connectivity index is 1.82. The van der Waals surface area contributed by atoms with Crippen molar-refractivity contribution < 1.29 is 14.5 Å². The number of amides is 1. The summed E-state index contributed by atoms with van der Waals surface area (Å²) < 4.78 is 1.81. The molecule has 0 aliphatic rings. The van der Waals surface area contributed by atoms with Crippen molar-refractivity contribution >= 4 is 23.5 Å². The molecule has 1 amide bonds. The molecule has 0 aliphatic carbocycles. The van der Waals surface area contributed by atoms with Crippen LogP contribution in [0.25, 0.3) is 5.82 Å². The number of thiazole rings is 1. The maximum Gasteiger partial charge on any atom is 0.390 e. The predicted octanol–water partition coefficient (Wildman–Crippen LogP) is 1.74. The summed E-state index contributed by atoms with van der Waals surface area (Å²) in [6, 6.07) is 10.1. The molecule has 0 aliphatic heterocycles. The number of rotatable bonds is 5. The SMILES string of the molecule is CCc1ccc[n+](-c2[nH]c(=O)sc2/C=N/NC(=O)c2ccccc2O)c1. The number of aryl methyl sites for hydroxylation is 1. The molecule has 0 bridgehead atoms. The summed E-state index contributed by atoms with van der Waals surface area (Å²) in [5.74, 6) is -0.0839. The van der Waals surface area contributed by atoms with Gasteiger partial charge in [-0.1, -0.05) is 25.1 Å². The fraction of sp³-hybridized carbons (Fsp3) is 0.111. The summed E-state index contributed by atoms with van der Waals surface area (Å²) in [6.45, 7) is 2.05. The molecule has 26 heavy (non-hydrogen) atoms. The molecule has 0 spiro atoms. The Hall–Kier alpha value is -3.26. The Labute approximate surface area is 153 Å². The largest absolute Gasteiger partial charge is 0.507 e. The zero-order valence-electron chi connectivity index (χ0n) is 14.0. The number of hydrogen-bond donors (Lipinski definition) is 3. The first-order valence-electron chi connectivity index (χ1n) is 7.93. The molecule has 7 nitrogen and oxygen atoms in total. The van der Waals surface area contributed by atoms with Crippen LogP contribution in [0, 0.1) is 0 Å². The van der Waals surface area contributed by atoms with Crippen molar-refractivity contribution in [2.24, 2.45) is 5.10 Å². The lowest BCUT2D eigenvalue weighted by Gasteiger charge is -2.02. The van der Waals surface area contributed by atoms with Crippen molar-refractivity contribution in [3.05, 3.63) is 74.5 Å². The topological polar surface area (TPSA) is 98.4 Å². The summed E-state index contributed by atoms with van der Waals surface area (Å²) in [5, 5.41) is 13.6. The molecule has 0 atom stereocenters. The van der Waals surface area contributed by atoms with E-state index in [1.54, 1.807) is 12.1 Å². The van der Waals surface area contributed by atoms with Gasteiger partial charge in [-0.2, -0.15) is 10.1 Å². The lowest BCUT2D eigenvalue weighted by Crippen LogP contribution is -2.32. The number of aromatic nitrogens is 2. The fourth-order valence-electron chi connectivity index (χ4n) is 2.36. The molecule has 3 aromatic rings. The third-order valence-electron chi connectivity index (χ3n) is 3.68. The lowest BCUT2D eigenvalue weighted by atomic mass is 10.2. The van der Waals surface area contributed by atoms with Gasteiger partial charge in [-0.3, -0.25) is 4.79 Å². The Bertz CT molecular complexity index is 1020. The molecule has 2 aromatic heterocycles. The number of nitrogens with zero attached hydrogens (tertiary/aromatic N) is 2. The molecule has 3 rings (SSSR count). The van der Waals surface area contributed by atoms with Gasteiger partial charge in [0, 0.05) is 0 Å². The lowest BCUT2D eigenvalue weighted by molar-refractivity contribution is -0.599. The molecule has 1 aromatic carbocycles. The van der Waals surface area contributed by atoms with Crippen LogP contribution in [0.3, 0.4) is 0 Å². The van der Waals surface area contributed by atoms with Gasteiger partial charge in [0.2, 0.25) is 0 Å². The van der Waals surface area contributed by atoms with E-state index < -0.39 is 5.91 Å². The first kappa shape index (κ1) is 17.6. The minimum absolute atomic E-state index is 0.122. The zero-order valence-corrected chi connectivity index (χ0v) is 14.8. The van der Waals surface area contributed by atoms with Crippen LogP contribution in [0.15, 0.2) is 58.7 Å². The third kappa shape index (κ3) is 3.86. The van der Waals surface area contributed by atoms with E-state index in [9.17, 15) is 14.7 Å². The van der Waals surface area contributed by atoms with Crippen LogP contribution in [-0.2, 0) is 6.42 Å². The smallest absolute Gasteiger partial charge is 0.390 e. The second-order valence-corrected chi connectivity index (χ2v) is 6.43. The highest BCUT2D eigenvalue weighted by Crippen LogP contribution is 2.15. The number of hydrazone groups is 1. The summed E-state index contributed by atoms with van der Waals surface area (Å²) >= 11 is 0.991. The van der Waals surface area contributed by atoms with Crippen molar-refractivity contribution in [1.82, 2.24) is 10.4 Å². The van der Waals surface area contributed by atoms with Crippen LogP contribution in [0.5, 0.6) is 5.75 Å². The van der Waals surface area contributed by atoms with Crippen molar-refractivity contribution in [3.63, 3.8) is 0 Å². The standard InChI is InChI=1S/C18H16N4O3S/c1-2-12-6-5-9-22(11-12)16-15(26-18(25)20-16)10-19-21-17(24)13-7-3-4-8-14(13)23/h3-11H,2H2,1H3,(H2-,19,20,21,23,24,25)/p+1.